The molecular weight excluding hydrogens is 304 g/mol. The third-order valence-corrected chi connectivity index (χ3v) is 3.54. The van der Waals surface area contributed by atoms with Crippen molar-refractivity contribution in [3.63, 3.8) is 0 Å². The van der Waals surface area contributed by atoms with Gasteiger partial charge in [-0.1, -0.05) is 6.07 Å². The summed E-state index contributed by atoms with van der Waals surface area (Å²) in [6, 6.07) is 11.7. The maximum atomic E-state index is 5.75. The summed E-state index contributed by atoms with van der Waals surface area (Å²) in [5.41, 5.74) is 10.5. The zero-order chi connectivity index (χ0) is 13.4. The van der Waals surface area contributed by atoms with Crippen molar-refractivity contribution < 1.29 is 0 Å². The Morgan fingerprint density at radius 1 is 1.21 bits per heavy atom. The molecule has 1 heterocycles. The fourth-order valence-electron chi connectivity index (χ4n) is 1.94. The van der Waals surface area contributed by atoms with E-state index in [2.05, 4.69) is 44.2 Å². The number of nitrogens with zero attached hydrogens (tertiary/aromatic N) is 1. The van der Waals surface area contributed by atoms with Crippen LogP contribution in [0.25, 0.3) is 11.0 Å². The van der Waals surface area contributed by atoms with Crippen LogP contribution in [0.5, 0.6) is 0 Å². The van der Waals surface area contributed by atoms with Crippen molar-refractivity contribution in [2.75, 3.05) is 11.1 Å². The Bertz CT molecular complexity index is 748. The second-order valence-electron chi connectivity index (χ2n) is 4.47. The molecule has 0 radical (unpaired) electrons. The average molecular weight is 317 g/mol. The van der Waals surface area contributed by atoms with Crippen LogP contribution in [0.2, 0.25) is 0 Å². The molecule has 0 atom stereocenters. The van der Waals surface area contributed by atoms with Crippen molar-refractivity contribution in [2.45, 2.75) is 6.92 Å². The molecule has 0 aliphatic carbocycles. The highest BCUT2D eigenvalue weighted by Crippen LogP contribution is 2.27. The molecule has 0 amide bonds. The van der Waals surface area contributed by atoms with Crippen molar-refractivity contribution in [1.29, 1.82) is 0 Å². The number of nitrogens with one attached hydrogen (secondary N) is 2. The van der Waals surface area contributed by atoms with Crippen LogP contribution in [0, 0.1) is 6.92 Å². The number of aromatic amines is 1. The Morgan fingerprint density at radius 2 is 2.05 bits per heavy atom. The molecule has 3 rings (SSSR count). The number of rotatable bonds is 2. The molecule has 0 fully saturated rings. The zero-order valence-electron chi connectivity index (χ0n) is 10.4. The number of halogens is 1. The van der Waals surface area contributed by atoms with E-state index in [0.717, 1.165) is 26.9 Å². The van der Waals surface area contributed by atoms with Crippen LogP contribution in [-0.2, 0) is 0 Å². The van der Waals surface area contributed by atoms with E-state index < -0.39 is 0 Å². The van der Waals surface area contributed by atoms with E-state index in [1.165, 1.54) is 5.56 Å². The lowest BCUT2D eigenvalue weighted by molar-refractivity contribution is 1.30. The molecule has 5 heteroatoms. The van der Waals surface area contributed by atoms with E-state index in [0.29, 0.717) is 5.95 Å². The summed E-state index contributed by atoms with van der Waals surface area (Å²) >= 11 is 3.54. The van der Waals surface area contributed by atoms with Crippen molar-refractivity contribution in [1.82, 2.24) is 9.97 Å². The first-order chi connectivity index (χ1) is 9.11. The Balaban J connectivity index is 1.96. The number of anilines is 3. The Kier molecular flexibility index (Phi) is 2.91. The first-order valence-electron chi connectivity index (χ1n) is 5.90. The summed E-state index contributed by atoms with van der Waals surface area (Å²) in [6.45, 7) is 2.05. The van der Waals surface area contributed by atoms with Crippen LogP contribution in [0.15, 0.2) is 40.9 Å². The third kappa shape index (κ3) is 2.42. The summed E-state index contributed by atoms with van der Waals surface area (Å²) in [6.07, 6.45) is 0. The largest absolute Gasteiger partial charge is 0.399 e. The van der Waals surface area contributed by atoms with E-state index in [4.69, 9.17) is 5.73 Å². The van der Waals surface area contributed by atoms with Gasteiger partial charge in [-0.05, 0) is 58.7 Å². The fraction of sp³-hybridized carbons (Fsp3) is 0.0714. The number of H-pyrrole nitrogens is 1. The number of fused-ring (bicyclic) bond motifs is 1. The van der Waals surface area contributed by atoms with Gasteiger partial charge < -0.3 is 16.0 Å². The molecule has 3 aromatic rings. The van der Waals surface area contributed by atoms with Gasteiger partial charge in [-0.3, -0.25) is 0 Å². The highest BCUT2D eigenvalue weighted by Gasteiger charge is 2.05. The molecule has 96 valence electrons. The molecule has 0 spiro atoms. The minimum absolute atomic E-state index is 0.699. The Morgan fingerprint density at radius 3 is 2.84 bits per heavy atom. The Labute approximate surface area is 119 Å². The maximum Gasteiger partial charge on any atom is 0.205 e. The van der Waals surface area contributed by atoms with Crippen LogP contribution in [0.4, 0.5) is 17.3 Å². The minimum atomic E-state index is 0.699. The summed E-state index contributed by atoms with van der Waals surface area (Å²) in [7, 11) is 0. The molecular formula is C14H13BrN4. The number of hydrogen-bond donors (Lipinski definition) is 3. The van der Waals surface area contributed by atoms with Crippen LogP contribution in [0.1, 0.15) is 5.56 Å². The van der Waals surface area contributed by atoms with E-state index in [1.54, 1.807) is 0 Å². The third-order valence-electron chi connectivity index (χ3n) is 2.88. The second kappa shape index (κ2) is 4.59. The molecule has 0 aliphatic rings. The van der Waals surface area contributed by atoms with Gasteiger partial charge in [-0.2, -0.15) is 0 Å². The first-order valence-corrected chi connectivity index (χ1v) is 6.69. The Hall–Kier alpha value is -2.01. The smallest absolute Gasteiger partial charge is 0.205 e. The van der Waals surface area contributed by atoms with Crippen molar-refractivity contribution in [3.8, 4) is 0 Å². The number of nitrogen functional groups attached to an aromatic ring is 1. The van der Waals surface area contributed by atoms with Crippen molar-refractivity contribution in [3.05, 3.63) is 46.4 Å². The van der Waals surface area contributed by atoms with Gasteiger partial charge in [-0.15, -0.1) is 0 Å². The van der Waals surface area contributed by atoms with Crippen LogP contribution in [0.3, 0.4) is 0 Å². The van der Waals surface area contributed by atoms with E-state index in [9.17, 15) is 0 Å². The standard InChI is InChI=1S/C14H13BrN4/c1-8-2-4-11(10(15)6-8)17-14-18-12-5-3-9(16)7-13(12)19-14/h2-7H,16H2,1H3,(H2,17,18,19). The highest BCUT2D eigenvalue weighted by atomic mass is 79.9. The molecule has 0 aliphatic heterocycles. The van der Waals surface area contributed by atoms with Gasteiger partial charge in [-0.25, -0.2) is 4.98 Å². The van der Waals surface area contributed by atoms with Crippen LogP contribution >= 0.6 is 15.9 Å². The monoisotopic (exact) mass is 316 g/mol. The number of benzene rings is 2. The second-order valence-corrected chi connectivity index (χ2v) is 5.32. The van der Waals surface area contributed by atoms with Gasteiger partial charge in [0.15, 0.2) is 0 Å². The van der Waals surface area contributed by atoms with E-state index in [-0.39, 0.29) is 0 Å². The normalized spacial score (nSPS) is 10.8. The van der Waals surface area contributed by atoms with Crippen molar-refractivity contribution in [2.24, 2.45) is 0 Å². The first kappa shape index (κ1) is 12.0. The minimum Gasteiger partial charge on any atom is -0.399 e. The maximum absolute atomic E-state index is 5.75. The predicted octanol–water partition coefficient (Wildman–Crippen LogP) is 3.96. The van der Waals surface area contributed by atoms with E-state index >= 15 is 0 Å². The number of nitrogens with two attached hydrogens (primary N) is 1. The van der Waals surface area contributed by atoms with Gasteiger partial charge in [0.2, 0.25) is 5.95 Å². The molecule has 1 aromatic heterocycles. The van der Waals surface area contributed by atoms with Gasteiger partial charge in [0.25, 0.3) is 0 Å². The van der Waals surface area contributed by atoms with Gasteiger partial charge in [0, 0.05) is 10.2 Å². The average Bonchev–Trinajstić information content (AvgIpc) is 2.74. The van der Waals surface area contributed by atoms with Crippen LogP contribution < -0.4 is 11.1 Å². The lowest BCUT2D eigenvalue weighted by atomic mass is 10.2. The molecule has 4 nitrogen and oxygen atoms in total. The molecule has 2 aromatic carbocycles. The summed E-state index contributed by atoms with van der Waals surface area (Å²) in [5, 5.41) is 3.25. The van der Waals surface area contributed by atoms with E-state index in [1.807, 2.05) is 30.3 Å². The summed E-state index contributed by atoms with van der Waals surface area (Å²) < 4.78 is 1.01. The SMILES string of the molecule is Cc1ccc(Nc2nc3ccc(N)cc3[nH]2)c(Br)c1. The van der Waals surface area contributed by atoms with Crippen molar-refractivity contribution >= 4 is 44.3 Å². The van der Waals surface area contributed by atoms with Gasteiger partial charge in [0.05, 0.1) is 16.7 Å². The number of imidazole rings is 1. The molecule has 4 N–H and O–H groups in total. The summed E-state index contributed by atoms with van der Waals surface area (Å²) in [5.74, 6) is 0.699. The molecule has 0 unspecified atom stereocenters. The highest BCUT2D eigenvalue weighted by molar-refractivity contribution is 9.10. The summed E-state index contributed by atoms with van der Waals surface area (Å²) in [4.78, 5) is 7.67. The number of aromatic nitrogens is 2. The van der Waals surface area contributed by atoms with Gasteiger partial charge in [0.1, 0.15) is 0 Å². The topological polar surface area (TPSA) is 66.7 Å². The quantitative estimate of drug-likeness (QED) is 0.627. The molecule has 0 saturated carbocycles. The zero-order valence-corrected chi connectivity index (χ0v) is 12.0. The number of aryl methyl sites for hydroxylation is 1. The van der Waals surface area contributed by atoms with Crippen LogP contribution in [-0.4, -0.2) is 9.97 Å². The lowest BCUT2D eigenvalue weighted by Crippen LogP contribution is -1.93. The molecule has 0 saturated heterocycles. The van der Waals surface area contributed by atoms with Gasteiger partial charge >= 0.3 is 0 Å². The molecule has 19 heavy (non-hydrogen) atoms. The number of hydrogen-bond acceptors (Lipinski definition) is 3. The fourth-order valence-corrected chi connectivity index (χ4v) is 2.53. The molecule has 0 bridgehead atoms. The predicted molar refractivity (Wildman–Crippen MR) is 82.7 cm³/mol. The lowest BCUT2D eigenvalue weighted by Gasteiger charge is -2.06.